The monoisotopic (exact) mass is 1110 g/mol. The number of alkyl halides is 9. The normalized spacial score (nSPS) is 12.2. The molecule has 0 aliphatic rings. The fourth-order valence-electron chi connectivity index (χ4n) is 11.8. The van der Waals surface area contributed by atoms with Gasteiger partial charge in [0.05, 0.1) is 68.3 Å². The highest BCUT2D eigenvalue weighted by molar-refractivity contribution is 6.15. The van der Waals surface area contributed by atoms with Crippen molar-refractivity contribution in [1.82, 2.24) is 9.13 Å². The Balaban J connectivity index is 1.18. The number of hydrogen-bond acceptors (Lipinski definition) is 1. The van der Waals surface area contributed by atoms with E-state index in [1.54, 1.807) is 106 Å². The number of rotatable bonds is 7. The third-order valence-corrected chi connectivity index (χ3v) is 15.3. The van der Waals surface area contributed by atoms with Crippen LogP contribution in [0.1, 0.15) is 50.1 Å². The van der Waals surface area contributed by atoms with E-state index in [-0.39, 0.29) is 16.8 Å². The molecular weight excluding hydrogens is 1070 g/mol. The van der Waals surface area contributed by atoms with Gasteiger partial charge in [-0.1, -0.05) is 90.0 Å². The molecule has 13 heteroatoms. The molecule has 0 unspecified atom stereocenters. The third kappa shape index (κ3) is 9.72. The second kappa shape index (κ2) is 19.7. The molecule has 2 aromatic heterocycles. The van der Waals surface area contributed by atoms with Crippen LogP contribution in [0.25, 0.3) is 115 Å². The summed E-state index contributed by atoms with van der Waals surface area (Å²) in [5.41, 5.74) is 9.67. The number of aryl methyl sites for hydroxylation is 5. The van der Waals surface area contributed by atoms with E-state index >= 15 is 0 Å². The van der Waals surface area contributed by atoms with Crippen LogP contribution in [-0.2, 0) is 18.5 Å². The van der Waals surface area contributed by atoms with Crippen LogP contribution < -0.4 is 0 Å². The van der Waals surface area contributed by atoms with Gasteiger partial charge in [0.2, 0.25) is 5.69 Å². The average molecular weight is 1110 g/mol. The van der Waals surface area contributed by atoms with E-state index in [2.05, 4.69) is 29.1 Å². The summed E-state index contributed by atoms with van der Waals surface area (Å²) < 4.78 is 133. The van der Waals surface area contributed by atoms with Gasteiger partial charge in [0.25, 0.3) is 0 Å². The van der Waals surface area contributed by atoms with Gasteiger partial charge in [-0.15, -0.1) is 0 Å². The van der Waals surface area contributed by atoms with E-state index in [0.29, 0.717) is 105 Å². The highest BCUT2D eigenvalue weighted by Gasteiger charge is 2.34. The first-order valence-corrected chi connectivity index (χ1v) is 26.3. The van der Waals surface area contributed by atoms with Gasteiger partial charge in [-0.25, -0.2) is 4.85 Å². The highest BCUT2D eigenvalue weighted by Crippen LogP contribution is 2.49. The van der Waals surface area contributed by atoms with Crippen molar-refractivity contribution in [2.45, 2.75) is 53.1 Å². The molecule has 408 valence electrons. The van der Waals surface area contributed by atoms with E-state index in [1.165, 1.54) is 0 Å². The molecule has 0 spiro atoms. The van der Waals surface area contributed by atoms with E-state index in [4.69, 9.17) is 0 Å². The van der Waals surface area contributed by atoms with Crippen molar-refractivity contribution in [3.63, 3.8) is 0 Å². The zero-order valence-corrected chi connectivity index (χ0v) is 45.0. The van der Waals surface area contributed by atoms with Crippen molar-refractivity contribution in [2.24, 2.45) is 0 Å². The lowest BCUT2D eigenvalue weighted by molar-refractivity contribution is -0.138. The first-order chi connectivity index (χ1) is 39.4. The molecule has 12 aromatic rings. The van der Waals surface area contributed by atoms with Crippen LogP contribution in [0.3, 0.4) is 0 Å². The van der Waals surface area contributed by atoms with Crippen molar-refractivity contribution in [3.05, 3.63) is 243 Å². The maximum absolute atomic E-state index is 14.4. The Kier molecular flexibility index (Phi) is 12.8. The average Bonchev–Trinajstić information content (AvgIpc) is 2.44. The van der Waals surface area contributed by atoms with Gasteiger partial charge in [-0.3, -0.25) is 0 Å². The van der Waals surface area contributed by atoms with Crippen molar-refractivity contribution in [3.8, 4) is 73.1 Å². The van der Waals surface area contributed by atoms with E-state index in [1.807, 2.05) is 65.4 Å². The molecule has 0 radical (unpaired) electrons. The topological polar surface area (TPSA) is 38.0 Å². The minimum Gasteiger partial charge on any atom is -0.319 e. The largest absolute Gasteiger partial charge is 0.416 e. The third-order valence-electron chi connectivity index (χ3n) is 15.3. The fraction of sp³-hybridized carbons (Fsp3) is 0.114. The minimum absolute atomic E-state index is 0.133. The number of hydrogen-bond donors (Lipinski definition) is 0. The van der Waals surface area contributed by atoms with Crippen molar-refractivity contribution in [2.75, 3.05) is 0 Å². The summed E-state index contributed by atoms with van der Waals surface area (Å²) in [6, 6.07) is 52.5. The lowest BCUT2D eigenvalue weighted by Gasteiger charge is -2.20. The Morgan fingerprint density at radius 2 is 0.735 bits per heavy atom. The molecule has 0 saturated carbocycles. The molecule has 12 rings (SSSR count). The van der Waals surface area contributed by atoms with Crippen LogP contribution in [0, 0.1) is 52.5 Å². The predicted octanol–water partition coefficient (Wildman–Crippen LogP) is 21.2. The van der Waals surface area contributed by atoms with E-state index < -0.39 is 35.2 Å². The first kappa shape index (κ1) is 53.8. The van der Waals surface area contributed by atoms with Gasteiger partial charge in [0, 0.05) is 21.5 Å². The Labute approximate surface area is 471 Å². The maximum atomic E-state index is 14.4. The van der Waals surface area contributed by atoms with Crippen LogP contribution in [0.5, 0.6) is 0 Å². The van der Waals surface area contributed by atoms with Gasteiger partial charge in [0.1, 0.15) is 0 Å². The Hall–Kier alpha value is -9.85. The molecule has 83 heavy (non-hydrogen) atoms. The van der Waals surface area contributed by atoms with Crippen LogP contribution in [0.4, 0.5) is 45.2 Å². The van der Waals surface area contributed by atoms with E-state index in [9.17, 15) is 51.3 Å². The highest BCUT2D eigenvalue weighted by atomic mass is 19.4. The predicted molar refractivity (Wildman–Crippen MR) is 312 cm³/mol. The first-order valence-electron chi connectivity index (χ1n) is 26.3. The zero-order valence-electron chi connectivity index (χ0n) is 45.0. The summed E-state index contributed by atoms with van der Waals surface area (Å²) >= 11 is 0. The standard InChI is InChI=1S/C70H45F9N4/c1-38-20-39(2)22-49(21-38)44-12-17-63-59(33-44)60-36-47(52-25-42(5)28-55(32-52)70(77,78)79)13-18-64(60)83(63)67-56(48-9-7-8-43(29-48)37-80)14-19-65(66(67)81-6)82-61-15-10-45(50-23-40(3)26-53(30-50)68(71,72)73)34-57(61)58-35-46(11-16-62(58)82)51-24-41(4)27-54(31-51)69(74,75)76/h7-36H,1-5H3. The molecule has 0 amide bonds. The SMILES string of the molecule is [C-]#[N+]c1c(-n2c3ccc(-c4cc(C)cc(C(F)(F)F)c4)cc3c3cc(-c4cc(C)cc(C(F)(F)F)c4)ccc32)ccc(-c2cccc(C#N)c2)c1-n1c2ccc(-c3cc(C)cc(C)c3)cc2c2cc(-c3cc(C)cc(C(F)(F)F)c3)ccc21. The number of fused-ring (bicyclic) bond motifs is 6. The number of benzene rings is 10. The molecule has 10 aromatic carbocycles. The van der Waals surface area contributed by atoms with Crippen LogP contribution in [-0.4, -0.2) is 9.13 Å². The number of nitrogens with zero attached hydrogens (tertiary/aromatic N) is 4. The Morgan fingerprint density at radius 3 is 1.10 bits per heavy atom. The number of aromatic nitrogens is 2. The fourth-order valence-corrected chi connectivity index (χ4v) is 11.8. The number of halogens is 9. The molecule has 0 saturated heterocycles. The maximum Gasteiger partial charge on any atom is 0.416 e. The molecule has 0 fully saturated rings. The summed E-state index contributed by atoms with van der Waals surface area (Å²) in [6.07, 6.45) is -13.9. The van der Waals surface area contributed by atoms with Crippen molar-refractivity contribution in [1.29, 1.82) is 5.26 Å². The van der Waals surface area contributed by atoms with Gasteiger partial charge in [-0.2, -0.15) is 44.8 Å². The Bertz CT molecular complexity index is 4640. The second-order valence-electron chi connectivity index (χ2n) is 21.4. The van der Waals surface area contributed by atoms with Crippen molar-refractivity contribution < 1.29 is 39.5 Å². The zero-order chi connectivity index (χ0) is 58.6. The molecule has 0 N–H and O–H groups in total. The molecule has 4 nitrogen and oxygen atoms in total. The smallest absolute Gasteiger partial charge is 0.319 e. The quantitative estimate of drug-likeness (QED) is 0.116. The summed E-state index contributed by atoms with van der Waals surface area (Å²) in [6.45, 7) is 18.1. The summed E-state index contributed by atoms with van der Waals surface area (Å²) in [5, 5.41) is 12.7. The molecule has 2 heterocycles. The second-order valence-corrected chi connectivity index (χ2v) is 21.4. The molecule has 0 bridgehead atoms. The van der Waals surface area contributed by atoms with Gasteiger partial charge < -0.3 is 9.13 Å². The van der Waals surface area contributed by atoms with Crippen LogP contribution in [0.2, 0.25) is 0 Å². The lowest BCUT2D eigenvalue weighted by atomic mass is 9.96. The van der Waals surface area contributed by atoms with Crippen LogP contribution >= 0.6 is 0 Å². The van der Waals surface area contributed by atoms with Gasteiger partial charge in [-0.05, 0) is 210 Å². The minimum atomic E-state index is -4.64. The van der Waals surface area contributed by atoms with Crippen molar-refractivity contribution >= 4 is 49.3 Å². The van der Waals surface area contributed by atoms with Crippen LogP contribution in [0.15, 0.2) is 182 Å². The van der Waals surface area contributed by atoms with E-state index in [0.717, 1.165) is 64.0 Å². The summed E-state index contributed by atoms with van der Waals surface area (Å²) in [5.74, 6) is 0. The molecule has 0 atom stereocenters. The molecular formula is C70H45F9N4. The molecule has 0 aliphatic heterocycles. The number of nitriles is 1. The lowest BCUT2D eigenvalue weighted by Crippen LogP contribution is -2.05. The molecule has 0 aliphatic carbocycles. The van der Waals surface area contributed by atoms with Gasteiger partial charge in [0.15, 0.2) is 0 Å². The summed E-state index contributed by atoms with van der Waals surface area (Å²) in [7, 11) is 0. The van der Waals surface area contributed by atoms with Gasteiger partial charge >= 0.3 is 18.5 Å². The summed E-state index contributed by atoms with van der Waals surface area (Å²) in [4.78, 5) is 4.37. The Morgan fingerprint density at radius 1 is 0.373 bits per heavy atom.